The van der Waals surface area contributed by atoms with Crippen LogP contribution in [0.15, 0.2) is 78.9 Å². The Bertz CT molecular complexity index is 1270. The van der Waals surface area contributed by atoms with E-state index in [0.29, 0.717) is 5.75 Å². The van der Waals surface area contributed by atoms with E-state index >= 15 is 0 Å². The van der Waals surface area contributed by atoms with E-state index in [4.69, 9.17) is 4.74 Å². The summed E-state index contributed by atoms with van der Waals surface area (Å²) in [4.78, 5) is 0. The fraction of sp³-hybridized carbons (Fsp3) is 0.172. The lowest BCUT2D eigenvalue weighted by atomic mass is 9.70. The first-order chi connectivity index (χ1) is 15.7. The third kappa shape index (κ3) is 4.32. The van der Waals surface area contributed by atoms with Crippen molar-refractivity contribution in [3.63, 3.8) is 0 Å². The molecule has 0 radical (unpaired) electrons. The van der Waals surface area contributed by atoms with Gasteiger partial charge in [0.25, 0.3) is 0 Å². The van der Waals surface area contributed by atoms with Crippen LogP contribution in [0, 0.1) is 17.4 Å². The van der Waals surface area contributed by atoms with Crippen molar-refractivity contribution in [2.45, 2.75) is 26.2 Å². The molecule has 1 unspecified atom stereocenters. The number of aromatic hydroxyl groups is 2. The van der Waals surface area contributed by atoms with Crippen LogP contribution in [0.4, 0.5) is 0 Å². The Morgan fingerprint density at radius 2 is 1.24 bits per heavy atom. The van der Waals surface area contributed by atoms with Gasteiger partial charge in [-0.1, -0.05) is 54.6 Å². The summed E-state index contributed by atoms with van der Waals surface area (Å²) >= 11 is 2.33. The number of halogens is 1. The smallest absolute Gasteiger partial charge is 0.135 e. The lowest BCUT2D eigenvalue weighted by Gasteiger charge is -2.33. The number of phenols is 2. The topological polar surface area (TPSA) is 49.7 Å². The quantitative estimate of drug-likeness (QED) is 0.202. The molecular weight excluding hydrogens is 523 g/mol. The molecular formula is C29H27IO3. The number of hydrogen-bond acceptors (Lipinski definition) is 3. The first kappa shape index (κ1) is 23.2. The number of aryl methyl sites for hydroxylation is 2. The van der Waals surface area contributed by atoms with Gasteiger partial charge in [-0.05, 0) is 107 Å². The van der Waals surface area contributed by atoms with Crippen LogP contribution in [-0.2, 0) is 5.41 Å². The van der Waals surface area contributed by atoms with Gasteiger partial charge in [-0.3, -0.25) is 0 Å². The summed E-state index contributed by atoms with van der Waals surface area (Å²) in [5.74, 6) is 1.45. The normalized spacial score (nSPS) is 12.9. The fourth-order valence-corrected chi connectivity index (χ4v) is 5.38. The summed E-state index contributed by atoms with van der Waals surface area (Å²) in [6, 6.07) is 26.0. The molecule has 4 heteroatoms. The minimum Gasteiger partial charge on any atom is -0.508 e. The van der Waals surface area contributed by atoms with E-state index in [-0.39, 0.29) is 5.75 Å². The van der Waals surface area contributed by atoms with Crippen LogP contribution in [0.3, 0.4) is 0 Å². The van der Waals surface area contributed by atoms with Gasteiger partial charge in [-0.25, -0.2) is 0 Å². The van der Waals surface area contributed by atoms with E-state index in [2.05, 4.69) is 78.9 Å². The second-order valence-electron chi connectivity index (χ2n) is 8.56. The third-order valence-corrected chi connectivity index (χ3v) is 7.25. The fourth-order valence-electron chi connectivity index (χ4n) is 4.39. The molecule has 0 amide bonds. The monoisotopic (exact) mass is 550 g/mol. The van der Waals surface area contributed by atoms with E-state index in [9.17, 15) is 10.2 Å². The maximum atomic E-state index is 10.2. The minimum absolute atomic E-state index is 0.259. The van der Waals surface area contributed by atoms with Crippen LogP contribution in [0.1, 0.15) is 34.7 Å². The largest absolute Gasteiger partial charge is 0.508 e. The molecule has 2 N–H and O–H groups in total. The molecule has 0 aliphatic heterocycles. The molecule has 0 saturated heterocycles. The van der Waals surface area contributed by atoms with Gasteiger partial charge >= 0.3 is 0 Å². The number of benzene rings is 4. The summed E-state index contributed by atoms with van der Waals surface area (Å²) in [6.07, 6.45) is 0. The van der Waals surface area contributed by atoms with Gasteiger partial charge in [-0.15, -0.1) is 0 Å². The Morgan fingerprint density at radius 3 is 1.79 bits per heavy atom. The highest BCUT2D eigenvalue weighted by Gasteiger charge is 2.32. The van der Waals surface area contributed by atoms with Crippen molar-refractivity contribution >= 4 is 22.6 Å². The Kier molecular flexibility index (Phi) is 6.39. The van der Waals surface area contributed by atoms with Gasteiger partial charge in [0.15, 0.2) is 0 Å². The van der Waals surface area contributed by atoms with Crippen molar-refractivity contribution in [3.8, 4) is 28.4 Å². The summed E-state index contributed by atoms with van der Waals surface area (Å²) in [5.41, 5.74) is 7.04. The molecule has 4 aromatic rings. The van der Waals surface area contributed by atoms with Gasteiger partial charge in [0.05, 0.1) is 10.7 Å². The van der Waals surface area contributed by atoms with Gasteiger partial charge in [0.1, 0.15) is 17.2 Å². The molecule has 0 fully saturated rings. The first-order valence-electron chi connectivity index (χ1n) is 10.8. The summed E-state index contributed by atoms with van der Waals surface area (Å²) < 4.78 is 6.67. The maximum absolute atomic E-state index is 10.2. The van der Waals surface area contributed by atoms with Crippen molar-refractivity contribution in [2.24, 2.45) is 0 Å². The molecule has 1 atom stereocenters. The van der Waals surface area contributed by atoms with E-state index < -0.39 is 5.41 Å². The van der Waals surface area contributed by atoms with Crippen LogP contribution < -0.4 is 4.74 Å². The number of methoxy groups -OCH3 is 1. The molecule has 0 aliphatic rings. The molecule has 3 nitrogen and oxygen atoms in total. The van der Waals surface area contributed by atoms with Gasteiger partial charge in [0, 0.05) is 5.41 Å². The zero-order valence-electron chi connectivity index (χ0n) is 19.2. The van der Waals surface area contributed by atoms with Crippen molar-refractivity contribution < 1.29 is 14.9 Å². The Labute approximate surface area is 208 Å². The molecule has 4 rings (SSSR count). The lowest BCUT2D eigenvalue weighted by Crippen LogP contribution is -2.26. The Balaban J connectivity index is 1.89. The molecule has 0 saturated carbocycles. The van der Waals surface area contributed by atoms with Crippen molar-refractivity contribution in [2.75, 3.05) is 7.11 Å². The zero-order chi connectivity index (χ0) is 23.8. The van der Waals surface area contributed by atoms with E-state index in [1.54, 1.807) is 25.3 Å². The minimum atomic E-state index is -0.442. The molecule has 0 aromatic heterocycles. The molecule has 0 aliphatic carbocycles. The molecule has 0 bridgehead atoms. The van der Waals surface area contributed by atoms with Gasteiger partial charge in [-0.2, -0.15) is 0 Å². The molecule has 0 heterocycles. The number of phenolic OH excluding ortho intramolecular Hbond substituents is 2. The van der Waals surface area contributed by atoms with E-state index in [1.165, 1.54) is 0 Å². The lowest BCUT2D eigenvalue weighted by molar-refractivity contribution is 0.408. The molecule has 33 heavy (non-hydrogen) atoms. The maximum Gasteiger partial charge on any atom is 0.135 e. The van der Waals surface area contributed by atoms with Gasteiger partial charge in [0.2, 0.25) is 0 Å². The summed E-state index contributed by atoms with van der Waals surface area (Å²) in [7, 11) is 1.70. The molecule has 4 aromatic carbocycles. The van der Waals surface area contributed by atoms with Crippen molar-refractivity contribution in [3.05, 3.63) is 110 Å². The van der Waals surface area contributed by atoms with Crippen molar-refractivity contribution in [1.82, 2.24) is 0 Å². The number of hydrogen-bond donors (Lipinski definition) is 2. The van der Waals surface area contributed by atoms with E-state index in [1.807, 2.05) is 25.1 Å². The van der Waals surface area contributed by atoms with E-state index in [0.717, 1.165) is 48.3 Å². The zero-order valence-corrected chi connectivity index (χ0v) is 21.3. The average molecular weight is 550 g/mol. The van der Waals surface area contributed by atoms with Crippen LogP contribution in [-0.4, -0.2) is 17.3 Å². The van der Waals surface area contributed by atoms with Crippen LogP contribution >= 0.6 is 22.6 Å². The molecule has 168 valence electrons. The number of rotatable bonds is 5. The Hall–Kier alpha value is -2.99. The van der Waals surface area contributed by atoms with Crippen LogP contribution in [0.25, 0.3) is 11.1 Å². The highest BCUT2D eigenvalue weighted by atomic mass is 127. The van der Waals surface area contributed by atoms with Crippen molar-refractivity contribution in [1.29, 1.82) is 0 Å². The highest BCUT2D eigenvalue weighted by Crippen LogP contribution is 2.43. The predicted molar refractivity (Wildman–Crippen MR) is 142 cm³/mol. The highest BCUT2D eigenvalue weighted by molar-refractivity contribution is 14.1. The Morgan fingerprint density at radius 1 is 0.697 bits per heavy atom. The predicted octanol–water partition coefficient (Wildman–Crippen LogP) is 7.35. The standard InChI is InChI=1S/C29H27IO3/c1-18-15-23(11-14-27(18)32)29(3,24-16-19(2)28(33-4)26(30)17-24)22-9-5-20(6-10-22)21-7-12-25(31)13-8-21/h5-17,31-32H,1-4H3. The van der Waals surface area contributed by atoms with Gasteiger partial charge < -0.3 is 14.9 Å². The second-order valence-corrected chi connectivity index (χ2v) is 9.72. The van der Waals surface area contributed by atoms with Crippen LogP contribution in [0.5, 0.6) is 17.2 Å². The summed E-state index contributed by atoms with van der Waals surface area (Å²) in [5, 5.41) is 19.8. The average Bonchev–Trinajstić information content (AvgIpc) is 2.81. The first-order valence-corrected chi connectivity index (χ1v) is 11.9. The summed E-state index contributed by atoms with van der Waals surface area (Å²) in [6.45, 7) is 6.23. The van der Waals surface area contributed by atoms with Crippen LogP contribution in [0.2, 0.25) is 0 Å². The number of ether oxygens (including phenoxy) is 1. The molecule has 0 spiro atoms. The SMILES string of the molecule is COc1c(C)cc(C(C)(c2ccc(-c3ccc(O)cc3)cc2)c2ccc(O)c(C)c2)cc1I. The second kappa shape index (κ2) is 9.10. The third-order valence-electron chi connectivity index (χ3n) is 6.45.